The number of benzene rings is 2. The van der Waals surface area contributed by atoms with Crippen molar-refractivity contribution >= 4 is 10.8 Å². The summed E-state index contributed by atoms with van der Waals surface area (Å²) in [5.74, 6) is 6.29. The number of hydrogen-bond acceptors (Lipinski definition) is 3. The van der Waals surface area contributed by atoms with Crippen molar-refractivity contribution in [3.63, 3.8) is 0 Å². The molecule has 26 heavy (non-hydrogen) atoms. The summed E-state index contributed by atoms with van der Waals surface area (Å²) < 4.78 is 44.5. The van der Waals surface area contributed by atoms with Crippen LogP contribution < -0.4 is 4.74 Å². The highest BCUT2D eigenvalue weighted by Gasteiger charge is 2.32. The second-order valence-corrected chi connectivity index (χ2v) is 7.52. The van der Waals surface area contributed by atoms with E-state index in [1.165, 1.54) is 18.2 Å². The van der Waals surface area contributed by atoms with Gasteiger partial charge in [-0.15, -0.1) is 0 Å². The van der Waals surface area contributed by atoms with Gasteiger partial charge in [-0.25, -0.2) is 4.21 Å². The highest BCUT2D eigenvalue weighted by atomic mass is 32.2. The van der Waals surface area contributed by atoms with E-state index >= 15 is 0 Å². The zero-order chi connectivity index (χ0) is 19.3. The second kappa shape index (κ2) is 8.12. The number of alkyl halides is 2. The van der Waals surface area contributed by atoms with E-state index in [9.17, 15) is 13.0 Å². The van der Waals surface area contributed by atoms with Crippen LogP contribution in [-0.2, 0) is 10.8 Å². The highest BCUT2D eigenvalue weighted by Crippen LogP contribution is 2.31. The minimum atomic E-state index is -3.37. The molecule has 0 fully saturated rings. The molecule has 0 bridgehead atoms. The van der Waals surface area contributed by atoms with Gasteiger partial charge in [0.2, 0.25) is 0 Å². The Morgan fingerprint density at radius 2 is 1.81 bits per heavy atom. The van der Waals surface area contributed by atoms with E-state index in [-0.39, 0.29) is 11.3 Å². The van der Waals surface area contributed by atoms with Gasteiger partial charge in [0.15, 0.2) is 0 Å². The van der Waals surface area contributed by atoms with Gasteiger partial charge in [-0.2, -0.15) is 14.0 Å². The average molecular weight is 373 g/mol. The molecule has 0 N–H and O–H groups in total. The van der Waals surface area contributed by atoms with Crippen LogP contribution in [0.25, 0.3) is 0 Å². The normalized spacial score (nSPS) is 11.8. The van der Waals surface area contributed by atoms with E-state index in [2.05, 4.69) is 11.8 Å². The smallest absolute Gasteiger partial charge is 0.322 e. The molecule has 0 radical (unpaired) electrons. The minimum Gasteiger partial charge on any atom is -0.456 e. The first-order valence-electron chi connectivity index (χ1n) is 7.76. The molecule has 1 atom stereocenters. The summed E-state index contributed by atoms with van der Waals surface area (Å²) in [7, 11) is -2.50. The fourth-order valence-corrected chi connectivity index (χ4v) is 3.15. The molecule has 2 rings (SSSR count). The summed E-state index contributed by atoms with van der Waals surface area (Å²) in [5.41, 5.74) is 2.33. The monoisotopic (exact) mass is 373 g/mol. The van der Waals surface area contributed by atoms with E-state index in [0.29, 0.717) is 24.0 Å². The van der Waals surface area contributed by atoms with E-state index in [1.54, 1.807) is 0 Å². The van der Waals surface area contributed by atoms with Crippen LogP contribution in [0.1, 0.15) is 30.0 Å². The lowest BCUT2D eigenvalue weighted by atomic mass is 10.1. The lowest BCUT2D eigenvalue weighted by Crippen LogP contribution is -2.18. The van der Waals surface area contributed by atoms with Crippen molar-refractivity contribution in [2.75, 3.05) is 0 Å². The minimum absolute atomic E-state index is 0.0136. The van der Waals surface area contributed by atoms with Crippen LogP contribution >= 0.6 is 0 Å². The number of nitrogens with zero attached hydrogens (tertiary/aromatic N) is 1. The maximum atomic E-state index is 13.4. The molecular weight excluding hydrogens is 356 g/mol. The first kappa shape index (κ1) is 19.6. The van der Waals surface area contributed by atoms with Crippen molar-refractivity contribution in [2.24, 2.45) is 0 Å². The van der Waals surface area contributed by atoms with Crippen molar-refractivity contribution in [2.45, 2.75) is 37.3 Å². The fourth-order valence-electron chi connectivity index (χ4n) is 2.32. The van der Waals surface area contributed by atoms with Crippen molar-refractivity contribution in [3.05, 3.63) is 53.1 Å². The molecule has 0 saturated heterocycles. The number of rotatable bonds is 4. The van der Waals surface area contributed by atoms with Crippen LogP contribution in [0.4, 0.5) is 8.78 Å². The standard InChI is InChI=1S/C20H17F2NO2S/c1-14-10-15(2)12-17(11-14)25-19-8-7-18(26(24)20(3,21)22)13-16(19)6-4-5-9-23/h7-8,10-13H,5H2,1-3H3. The second-order valence-electron chi connectivity index (χ2n) is 5.80. The molecule has 2 aromatic carbocycles. The first-order chi connectivity index (χ1) is 12.2. The molecule has 1 unspecified atom stereocenters. The van der Waals surface area contributed by atoms with Crippen molar-refractivity contribution in [1.29, 1.82) is 5.26 Å². The van der Waals surface area contributed by atoms with Gasteiger partial charge in [-0.05, 0) is 55.3 Å². The first-order valence-corrected chi connectivity index (χ1v) is 8.91. The Morgan fingerprint density at radius 3 is 2.38 bits per heavy atom. The van der Waals surface area contributed by atoms with Gasteiger partial charge in [-0.1, -0.05) is 17.9 Å². The third-order valence-corrected chi connectivity index (χ3v) is 4.64. The van der Waals surface area contributed by atoms with Crippen molar-refractivity contribution in [1.82, 2.24) is 0 Å². The third kappa shape index (κ3) is 5.15. The highest BCUT2D eigenvalue weighted by molar-refractivity contribution is 7.86. The lowest BCUT2D eigenvalue weighted by molar-refractivity contribution is 0.121. The number of ether oxygens (including phenoxy) is 1. The fraction of sp³-hybridized carbons (Fsp3) is 0.250. The molecule has 0 aliphatic rings. The summed E-state index contributed by atoms with van der Waals surface area (Å²) in [5, 5.41) is 5.26. The molecular formula is C20H17F2NO2S. The van der Waals surface area contributed by atoms with Gasteiger partial charge in [0.25, 0.3) is 0 Å². The van der Waals surface area contributed by atoms with Crippen LogP contribution in [0.2, 0.25) is 0 Å². The van der Waals surface area contributed by atoms with Crippen LogP contribution in [0.15, 0.2) is 41.3 Å². The van der Waals surface area contributed by atoms with Crippen molar-refractivity contribution < 1.29 is 17.7 Å². The van der Waals surface area contributed by atoms with Crippen LogP contribution in [0, 0.1) is 37.0 Å². The van der Waals surface area contributed by atoms with Gasteiger partial charge in [-0.3, -0.25) is 0 Å². The molecule has 0 aliphatic heterocycles. The number of hydrogen-bond donors (Lipinski definition) is 0. The molecule has 0 spiro atoms. The molecule has 3 nitrogen and oxygen atoms in total. The zero-order valence-corrected chi connectivity index (χ0v) is 15.4. The Balaban J connectivity index is 2.46. The van der Waals surface area contributed by atoms with Gasteiger partial charge in [0.05, 0.1) is 18.1 Å². The Hall–Kier alpha value is -2.70. The topological polar surface area (TPSA) is 50.1 Å². The molecule has 2 aromatic rings. The summed E-state index contributed by atoms with van der Waals surface area (Å²) in [6.45, 7) is 4.47. The molecule has 0 saturated carbocycles. The third-order valence-electron chi connectivity index (χ3n) is 3.30. The molecule has 0 aliphatic carbocycles. The summed E-state index contributed by atoms with van der Waals surface area (Å²) in [6.07, 6.45) is -0.0136. The summed E-state index contributed by atoms with van der Waals surface area (Å²) in [4.78, 5) is -0.0495. The van der Waals surface area contributed by atoms with Gasteiger partial charge in [0, 0.05) is 11.8 Å². The molecule has 0 heterocycles. The van der Waals surface area contributed by atoms with E-state index in [0.717, 1.165) is 11.1 Å². The predicted octanol–water partition coefficient (Wildman–Crippen LogP) is 5.08. The number of aryl methyl sites for hydroxylation is 2. The number of halogens is 2. The molecule has 0 amide bonds. The van der Waals surface area contributed by atoms with Crippen LogP contribution in [0.3, 0.4) is 0 Å². The largest absolute Gasteiger partial charge is 0.456 e. The molecule has 134 valence electrons. The summed E-state index contributed by atoms with van der Waals surface area (Å²) in [6, 6.07) is 11.7. The van der Waals surface area contributed by atoms with E-state index in [1.807, 2.05) is 38.1 Å². The Kier molecular flexibility index (Phi) is 6.13. The zero-order valence-electron chi connectivity index (χ0n) is 14.6. The van der Waals surface area contributed by atoms with Crippen LogP contribution in [-0.4, -0.2) is 9.46 Å². The SMILES string of the molecule is Cc1cc(C)cc(Oc2ccc(S(=O)C(C)(F)F)cc2C#CCC#N)c1. The average Bonchev–Trinajstić information content (AvgIpc) is 2.54. The number of nitriles is 1. The quantitative estimate of drug-likeness (QED) is 0.702. The Bertz CT molecular complexity index is 927. The van der Waals surface area contributed by atoms with Gasteiger partial charge in [0.1, 0.15) is 22.3 Å². The Morgan fingerprint density at radius 1 is 1.15 bits per heavy atom. The lowest BCUT2D eigenvalue weighted by Gasteiger charge is -2.13. The van der Waals surface area contributed by atoms with Crippen LogP contribution in [0.5, 0.6) is 11.5 Å². The van der Waals surface area contributed by atoms with Gasteiger partial charge >= 0.3 is 5.25 Å². The Labute approximate surface area is 154 Å². The van der Waals surface area contributed by atoms with Gasteiger partial charge < -0.3 is 4.74 Å². The maximum absolute atomic E-state index is 13.4. The maximum Gasteiger partial charge on any atom is 0.322 e. The van der Waals surface area contributed by atoms with E-state index < -0.39 is 16.1 Å². The van der Waals surface area contributed by atoms with Crippen molar-refractivity contribution in [3.8, 4) is 29.4 Å². The van der Waals surface area contributed by atoms with E-state index in [4.69, 9.17) is 10.00 Å². The molecule has 6 heteroatoms. The summed E-state index contributed by atoms with van der Waals surface area (Å²) >= 11 is 0. The molecule has 0 aromatic heterocycles. The predicted molar refractivity (Wildman–Crippen MR) is 96.6 cm³/mol.